The number of amides is 1. The van der Waals surface area contributed by atoms with Crippen molar-refractivity contribution in [3.63, 3.8) is 0 Å². The van der Waals surface area contributed by atoms with Gasteiger partial charge in [-0.1, -0.05) is 36.4 Å². The molecule has 154 valence electrons. The van der Waals surface area contributed by atoms with Crippen LogP contribution in [0.25, 0.3) is 0 Å². The van der Waals surface area contributed by atoms with Crippen LogP contribution in [0, 0.1) is 13.8 Å². The smallest absolute Gasteiger partial charge is 0.225 e. The highest BCUT2D eigenvalue weighted by Gasteiger charge is 2.24. The Kier molecular flexibility index (Phi) is 7.11. The number of anilines is 1. The topological polar surface area (TPSA) is 74.8 Å². The highest BCUT2D eigenvalue weighted by atomic mass is 16.5. The van der Waals surface area contributed by atoms with Crippen molar-refractivity contribution in [2.45, 2.75) is 33.1 Å². The predicted octanol–water partition coefficient (Wildman–Crippen LogP) is 3.36. The van der Waals surface area contributed by atoms with E-state index < -0.39 is 0 Å². The molecule has 0 bridgehead atoms. The summed E-state index contributed by atoms with van der Waals surface area (Å²) in [5, 5.41) is 9.51. The highest BCUT2D eigenvalue weighted by molar-refractivity contribution is 5.94. The highest BCUT2D eigenvalue weighted by Crippen LogP contribution is 2.32. The van der Waals surface area contributed by atoms with E-state index >= 15 is 0 Å². The molecule has 0 spiro atoms. The molecule has 3 N–H and O–H groups in total. The lowest BCUT2D eigenvalue weighted by molar-refractivity contribution is -0.116. The monoisotopic (exact) mass is 394 g/mol. The van der Waals surface area contributed by atoms with Gasteiger partial charge in [0, 0.05) is 24.6 Å². The zero-order valence-corrected chi connectivity index (χ0v) is 17.4. The van der Waals surface area contributed by atoms with Gasteiger partial charge in [-0.3, -0.25) is 9.79 Å². The molecule has 0 radical (unpaired) electrons. The molecule has 2 aromatic carbocycles. The first-order valence-corrected chi connectivity index (χ1v) is 10.2. The Labute approximate surface area is 172 Å². The Hall–Kier alpha value is -3.02. The van der Waals surface area contributed by atoms with Crippen LogP contribution in [0.5, 0.6) is 5.75 Å². The Morgan fingerprint density at radius 3 is 2.66 bits per heavy atom. The number of aryl methyl sites for hydroxylation is 2. The van der Waals surface area contributed by atoms with Crippen molar-refractivity contribution < 1.29 is 9.53 Å². The number of carbonyl (C=O) groups excluding carboxylic acids is 1. The Morgan fingerprint density at radius 1 is 1.14 bits per heavy atom. The standard InChI is InChI=1S/C23H30N4O2/c1-4-24-23(25-12-13-29-22-16(2)8-7-9-17(22)3)26-15-18-14-21(28)27-20-11-6-5-10-19(18)20/h5-11,18H,4,12-15H2,1-3H3,(H,27,28)(H2,24,25,26). The molecule has 0 saturated heterocycles. The van der Waals surface area contributed by atoms with Crippen LogP contribution in [0.3, 0.4) is 0 Å². The van der Waals surface area contributed by atoms with E-state index in [0.717, 1.165) is 40.6 Å². The number of rotatable bonds is 7. The number of hydrogen-bond donors (Lipinski definition) is 3. The first kappa shape index (κ1) is 20.7. The summed E-state index contributed by atoms with van der Waals surface area (Å²) >= 11 is 0. The molecule has 1 heterocycles. The summed E-state index contributed by atoms with van der Waals surface area (Å²) in [5.41, 5.74) is 4.31. The molecule has 0 aromatic heterocycles. The summed E-state index contributed by atoms with van der Waals surface area (Å²) in [7, 11) is 0. The molecule has 2 aromatic rings. The van der Waals surface area contributed by atoms with E-state index in [1.165, 1.54) is 0 Å². The molecular weight excluding hydrogens is 364 g/mol. The number of benzene rings is 2. The van der Waals surface area contributed by atoms with Crippen LogP contribution >= 0.6 is 0 Å². The third-order valence-corrected chi connectivity index (χ3v) is 4.97. The van der Waals surface area contributed by atoms with Crippen molar-refractivity contribution in [3.05, 3.63) is 59.2 Å². The fourth-order valence-corrected chi connectivity index (χ4v) is 3.56. The summed E-state index contributed by atoms with van der Waals surface area (Å²) in [6, 6.07) is 14.1. The van der Waals surface area contributed by atoms with Crippen LogP contribution in [-0.4, -0.2) is 38.1 Å². The number of nitrogens with zero attached hydrogens (tertiary/aromatic N) is 1. The van der Waals surface area contributed by atoms with Gasteiger partial charge in [0.1, 0.15) is 12.4 Å². The van der Waals surface area contributed by atoms with Gasteiger partial charge in [-0.2, -0.15) is 0 Å². The number of para-hydroxylation sites is 2. The van der Waals surface area contributed by atoms with E-state index in [1.807, 2.05) is 31.2 Å². The summed E-state index contributed by atoms with van der Waals surface area (Å²) < 4.78 is 5.95. The van der Waals surface area contributed by atoms with Crippen LogP contribution < -0.4 is 20.7 Å². The molecule has 1 aliphatic heterocycles. The number of guanidine groups is 1. The zero-order chi connectivity index (χ0) is 20.6. The maximum absolute atomic E-state index is 12.0. The lowest BCUT2D eigenvalue weighted by Gasteiger charge is -2.24. The van der Waals surface area contributed by atoms with Crippen LogP contribution in [0.15, 0.2) is 47.5 Å². The molecule has 6 nitrogen and oxygen atoms in total. The number of ether oxygens (including phenoxy) is 1. The van der Waals surface area contributed by atoms with E-state index in [0.29, 0.717) is 26.1 Å². The van der Waals surface area contributed by atoms with Crippen molar-refractivity contribution >= 4 is 17.6 Å². The first-order valence-electron chi connectivity index (χ1n) is 10.2. The van der Waals surface area contributed by atoms with Crippen molar-refractivity contribution in [3.8, 4) is 5.75 Å². The molecule has 0 saturated carbocycles. The largest absolute Gasteiger partial charge is 0.491 e. The van der Waals surface area contributed by atoms with Crippen LogP contribution in [0.1, 0.15) is 36.0 Å². The number of carbonyl (C=O) groups is 1. The lowest BCUT2D eigenvalue weighted by Crippen LogP contribution is -2.39. The van der Waals surface area contributed by atoms with Crippen LogP contribution in [0.4, 0.5) is 5.69 Å². The summed E-state index contributed by atoms with van der Waals surface area (Å²) in [6.07, 6.45) is 0.454. The molecule has 0 fully saturated rings. The van der Waals surface area contributed by atoms with Gasteiger partial charge < -0.3 is 20.7 Å². The van der Waals surface area contributed by atoms with Gasteiger partial charge >= 0.3 is 0 Å². The predicted molar refractivity (Wildman–Crippen MR) is 118 cm³/mol. The minimum atomic E-state index is 0.0452. The van der Waals surface area contributed by atoms with Gasteiger partial charge in [0.25, 0.3) is 0 Å². The molecule has 1 unspecified atom stereocenters. The number of hydrogen-bond acceptors (Lipinski definition) is 3. The Morgan fingerprint density at radius 2 is 1.90 bits per heavy atom. The number of nitrogens with one attached hydrogen (secondary N) is 3. The summed E-state index contributed by atoms with van der Waals surface area (Å²) in [5.74, 6) is 1.81. The molecule has 3 rings (SSSR count). The van der Waals surface area contributed by atoms with Gasteiger partial charge in [-0.15, -0.1) is 0 Å². The van der Waals surface area contributed by atoms with Crippen LogP contribution in [-0.2, 0) is 4.79 Å². The molecule has 0 aliphatic carbocycles. The van der Waals surface area contributed by atoms with Crippen molar-refractivity contribution in [2.24, 2.45) is 4.99 Å². The second-order valence-electron chi connectivity index (χ2n) is 7.25. The van der Waals surface area contributed by atoms with Gasteiger partial charge in [0.2, 0.25) is 5.91 Å². The van der Waals surface area contributed by atoms with E-state index in [4.69, 9.17) is 9.73 Å². The average Bonchev–Trinajstić information content (AvgIpc) is 2.70. The van der Waals surface area contributed by atoms with Crippen molar-refractivity contribution in [1.29, 1.82) is 0 Å². The molecular formula is C23H30N4O2. The molecule has 1 atom stereocenters. The lowest BCUT2D eigenvalue weighted by atomic mass is 9.91. The summed E-state index contributed by atoms with van der Waals surface area (Å²) in [6.45, 7) is 8.65. The van der Waals surface area contributed by atoms with E-state index in [1.54, 1.807) is 0 Å². The van der Waals surface area contributed by atoms with Crippen LogP contribution in [0.2, 0.25) is 0 Å². The van der Waals surface area contributed by atoms with Crippen molar-refractivity contribution in [1.82, 2.24) is 10.6 Å². The maximum Gasteiger partial charge on any atom is 0.225 e. The Balaban J connectivity index is 1.57. The third kappa shape index (κ3) is 5.50. The van der Waals surface area contributed by atoms with E-state index in [2.05, 4.69) is 48.0 Å². The number of aliphatic imine (C=N–C) groups is 1. The second-order valence-corrected chi connectivity index (χ2v) is 7.25. The van der Waals surface area contributed by atoms with E-state index in [9.17, 15) is 4.79 Å². The Bertz CT molecular complexity index is 859. The molecule has 29 heavy (non-hydrogen) atoms. The quantitative estimate of drug-likeness (QED) is 0.382. The fourth-order valence-electron chi connectivity index (χ4n) is 3.56. The third-order valence-electron chi connectivity index (χ3n) is 4.97. The van der Waals surface area contributed by atoms with E-state index in [-0.39, 0.29) is 11.8 Å². The van der Waals surface area contributed by atoms with Gasteiger partial charge in [0.05, 0.1) is 13.1 Å². The van der Waals surface area contributed by atoms with Gasteiger partial charge in [-0.05, 0) is 43.5 Å². The zero-order valence-electron chi connectivity index (χ0n) is 17.4. The minimum absolute atomic E-state index is 0.0452. The number of fused-ring (bicyclic) bond motifs is 1. The van der Waals surface area contributed by atoms with Gasteiger partial charge in [0.15, 0.2) is 5.96 Å². The fraction of sp³-hybridized carbons (Fsp3) is 0.391. The second kappa shape index (κ2) is 9.96. The molecule has 6 heteroatoms. The normalized spacial score (nSPS) is 16.0. The summed E-state index contributed by atoms with van der Waals surface area (Å²) in [4.78, 5) is 16.7. The minimum Gasteiger partial charge on any atom is -0.491 e. The maximum atomic E-state index is 12.0. The van der Waals surface area contributed by atoms with Gasteiger partial charge in [-0.25, -0.2) is 0 Å². The average molecular weight is 395 g/mol. The molecule has 1 amide bonds. The SMILES string of the molecule is CCNC(=NCC1CC(=O)Nc2ccccc21)NCCOc1c(C)cccc1C. The van der Waals surface area contributed by atoms with Crippen molar-refractivity contribution in [2.75, 3.05) is 31.6 Å². The molecule has 1 aliphatic rings. The first-order chi connectivity index (χ1) is 14.1.